The first-order valence-corrected chi connectivity index (χ1v) is 5.99. The molecule has 0 aliphatic carbocycles. The summed E-state index contributed by atoms with van der Waals surface area (Å²) >= 11 is 0. The van der Waals surface area contributed by atoms with Crippen LogP contribution in [0.1, 0.15) is 10.4 Å². The Labute approximate surface area is 110 Å². The number of amides is 1. The van der Waals surface area contributed by atoms with Gasteiger partial charge in [-0.1, -0.05) is 6.07 Å². The lowest BCUT2D eigenvalue weighted by atomic mass is 10.1. The Morgan fingerprint density at radius 1 is 1.16 bits per heavy atom. The monoisotopic (exact) mass is 254 g/mol. The zero-order chi connectivity index (χ0) is 13.4. The standard InChI is InChI=1S/C14H14N4O/c1-17-7-5-10-3-4-11(9-12(10)17)14(19)15-13-6-8-18(2)16-13/h3-9H,1-2H3,(H,15,16,19). The molecule has 1 amide bonds. The molecular weight excluding hydrogens is 240 g/mol. The van der Waals surface area contributed by atoms with Crippen molar-refractivity contribution in [2.75, 3.05) is 5.32 Å². The average molecular weight is 254 g/mol. The fraction of sp³-hybridized carbons (Fsp3) is 0.143. The van der Waals surface area contributed by atoms with E-state index in [4.69, 9.17) is 0 Å². The molecule has 0 radical (unpaired) electrons. The highest BCUT2D eigenvalue weighted by molar-refractivity contribution is 6.05. The molecule has 0 spiro atoms. The third-order valence-corrected chi connectivity index (χ3v) is 3.11. The average Bonchev–Trinajstić information content (AvgIpc) is 2.96. The first-order valence-electron chi connectivity index (χ1n) is 5.99. The van der Waals surface area contributed by atoms with Crippen LogP contribution < -0.4 is 5.32 Å². The van der Waals surface area contributed by atoms with Gasteiger partial charge in [-0.15, -0.1) is 0 Å². The van der Waals surface area contributed by atoms with Gasteiger partial charge in [0.2, 0.25) is 0 Å². The maximum absolute atomic E-state index is 12.1. The molecule has 5 nitrogen and oxygen atoms in total. The van der Waals surface area contributed by atoms with Crippen LogP contribution >= 0.6 is 0 Å². The van der Waals surface area contributed by atoms with Crippen molar-refractivity contribution in [3.05, 3.63) is 48.3 Å². The van der Waals surface area contributed by atoms with Crippen molar-refractivity contribution in [3.8, 4) is 0 Å². The smallest absolute Gasteiger partial charge is 0.256 e. The van der Waals surface area contributed by atoms with E-state index < -0.39 is 0 Å². The highest BCUT2D eigenvalue weighted by Gasteiger charge is 2.09. The van der Waals surface area contributed by atoms with Gasteiger partial charge in [0.25, 0.3) is 5.91 Å². The predicted molar refractivity (Wildman–Crippen MR) is 74.1 cm³/mol. The number of aromatic nitrogens is 3. The Hall–Kier alpha value is -2.56. The molecule has 0 saturated carbocycles. The highest BCUT2D eigenvalue weighted by atomic mass is 16.1. The van der Waals surface area contributed by atoms with Crippen LogP contribution in [0, 0.1) is 0 Å². The van der Waals surface area contributed by atoms with Gasteiger partial charge in [0.05, 0.1) is 0 Å². The van der Waals surface area contributed by atoms with Crippen molar-refractivity contribution < 1.29 is 4.79 Å². The normalized spacial score (nSPS) is 10.8. The molecule has 1 aromatic carbocycles. The van der Waals surface area contributed by atoms with Gasteiger partial charge in [0.15, 0.2) is 5.82 Å². The zero-order valence-electron chi connectivity index (χ0n) is 10.8. The number of nitrogens with zero attached hydrogens (tertiary/aromatic N) is 3. The topological polar surface area (TPSA) is 51.9 Å². The van der Waals surface area contributed by atoms with E-state index in [9.17, 15) is 4.79 Å². The van der Waals surface area contributed by atoms with Gasteiger partial charge in [0, 0.05) is 43.6 Å². The van der Waals surface area contributed by atoms with Gasteiger partial charge in [-0.25, -0.2) is 0 Å². The van der Waals surface area contributed by atoms with Crippen molar-refractivity contribution in [1.29, 1.82) is 0 Å². The van der Waals surface area contributed by atoms with E-state index in [0.717, 1.165) is 10.9 Å². The van der Waals surface area contributed by atoms with Crippen LogP contribution in [0.3, 0.4) is 0 Å². The number of anilines is 1. The van der Waals surface area contributed by atoms with Gasteiger partial charge in [-0.2, -0.15) is 5.10 Å². The zero-order valence-corrected chi connectivity index (χ0v) is 10.8. The van der Waals surface area contributed by atoms with Gasteiger partial charge in [-0.05, 0) is 23.6 Å². The molecule has 0 saturated heterocycles. The van der Waals surface area contributed by atoms with E-state index in [-0.39, 0.29) is 5.91 Å². The largest absolute Gasteiger partial charge is 0.351 e. The summed E-state index contributed by atoms with van der Waals surface area (Å²) in [6.45, 7) is 0. The quantitative estimate of drug-likeness (QED) is 0.762. The summed E-state index contributed by atoms with van der Waals surface area (Å²) in [5.74, 6) is 0.404. The fourth-order valence-corrected chi connectivity index (χ4v) is 2.07. The molecule has 96 valence electrons. The number of benzene rings is 1. The maximum Gasteiger partial charge on any atom is 0.256 e. The molecule has 5 heteroatoms. The Kier molecular flexibility index (Phi) is 2.59. The maximum atomic E-state index is 12.1. The Morgan fingerprint density at radius 2 is 2.00 bits per heavy atom. The summed E-state index contributed by atoms with van der Waals surface area (Å²) in [5.41, 5.74) is 1.66. The second kappa shape index (κ2) is 4.28. The van der Waals surface area contributed by atoms with Gasteiger partial charge in [-0.3, -0.25) is 9.48 Å². The minimum absolute atomic E-state index is 0.151. The lowest BCUT2D eigenvalue weighted by Gasteiger charge is -2.03. The summed E-state index contributed by atoms with van der Waals surface area (Å²) < 4.78 is 3.64. The molecule has 0 aliphatic rings. The number of aryl methyl sites for hydroxylation is 2. The Morgan fingerprint density at radius 3 is 2.74 bits per heavy atom. The van der Waals surface area contributed by atoms with E-state index in [0.29, 0.717) is 11.4 Å². The Bertz CT molecular complexity index is 754. The van der Waals surface area contributed by atoms with Crippen LogP contribution in [0.15, 0.2) is 42.7 Å². The molecule has 1 N–H and O–H groups in total. The minimum Gasteiger partial charge on any atom is -0.351 e. The molecule has 0 bridgehead atoms. The molecule has 19 heavy (non-hydrogen) atoms. The molecule has 0 aliphatic heterocycles. The summed E-state index contributed by atoms with van der Waals surface area (Å²) in [4.78, 5) is 12.1. The number of nitrogens with one attached hydrogen (secondary N) is 1. The highest BCUT2D eigenvalue weighted by Crippen LogP contribution is 2.17. The van der Waals surface area contributed by atoms with Crippen LogP contribution in [-0.4, -0.2) is 20.3 Å². The van der Waals surface area contributed by atoms with Crippen LogP contribution in [0.4, 0.5) is 5.82 Å². The summed E-state index contributed by atoms with van der Waals surface area (Å²) in [6, 6.07) is 9.44. The van der Waals surface area contributed by atoms with E-state index >= 15 is 0 Å². The SMILES string of the molecule is Cn1ccc(NC(=O)c2ccc3ccn(C)c3c2)n1. The first kappa shape index (κ1) is 11.5. The number of carbonyl (C=O) groups excluding carboxylic acids is 1. The van der Waals surface area contributed by atoms with Crippen molar-refractivity contribution in [2.24, 2.45) is 14.1 Å². The van der Waals surface area contributed by atoms with Gasteiger partial charge >= 0.3 is 0 Å². The molecule has 2 heterocycles. The predicted octanol–water partition coefficient (Wildman–Crippen LogP) is 2.16. The lowest BCUT2D eigenvalue weighted by Crippen LogP contribution is -2.12. The van der Waals surface area contributed by atoms with E-state index in [1.807, 2.05) is 49.1 Å². The van der Waals surface area contributed by atoms with E-state index in [1.165, 1.54) is 0 Å². The van der Waals surface area contributed by atoms with Crippen molar-refractivity contribution in [3.63, 3.8) is 0 Å². The summed E-state index contributed by atoms with van der Waals surface area (Å²) in [6.07, 6.45) is 3.76. The number of fused-ring (bicyclic) bond motifs is 1. The second-order valence-electron chi connectivity index (χ2n) is 4.53. The van der Waals surface area contributed by atoms with Gasteiger partial charge < -0.3 is 9.88 Å². The lowest BCUT2D eigenvalue weighted by molar-refractivity contribution is 0.102. The van der Waals surface area contributed by atoms with Gasteiger partial charge in [0.1, 0.15) is 0 Å². The van der Waals surface area contributed by atoms with Crippen LogP contribution in [0.2, 0.25) is 0 Å². The number of hydrogen-bond donors (Lipinski definition) is 1. The fourth-order valence-electron chi connectivity index (χ4n) is 2.07. The van der Waals surface area contributed by atoms with Crippen LogP contribution in [0.5, 0.6) is 0 Å². The molecule has 3 aromatic rings. The molecule has 0 unspecified atom stereocenters. The number of carbonyl (C=O) groups is 1. The van der Waals surface area contributed by atoms with E-state index in [2.05, 4.69) is 10.4 Å². The molecule has 2 aromatic heterocycles. The first-order chi connectivity index (χ1) is 9.13. The minimum atomic E-state index is -0.151. The van der Waals surface area contributed by atoms with Crippen molar-refractivity contribution >= 4 is 22.6 Å². The summed E-state index contributed by atoms with van der Waals surface area (Å²) in [5, 5.41) is 8.02. The number of rotatable bonds is 2. The molecule has 0 atom stereocenters. The Balaban J connectivity index is 1.90. The molecule has 3 rings (SSSR count). The number of hydrogen-bond acceptors (Lipinski definition) is 2. The van der Waals surface area contributed by atoms with E-state index in [1.54, 1.807) is 16.9 Å². The molecular formula is C14H14N4O. The van der Waals surface area contributed by atoms with Crippen LogP contribution in [-0.2, 0) is 14.1 Å². The van der Waals surface area contributed by atoms with Crippen molar-refractivity contribution in [2.45, 2.75) is 0 Å². The van der Waals surface area contributed by atoms with Crippen molar-refractivity contribution in [1.82, 2.24) is 14.3 Å². The van der Waals surface area contributed by atoms with Crippen LogP contribution in [0.25, 0.3) is 10.9 Å². The third kappa shape index (κ3) is 2.10. The second-order valence-corrected chi connectivity index (χ2v) is 4.53. The summed E-state index contributed by atoms with van der Waals surface area (Å²) in [7, 11) is 3.77. The molecule has 0 fully saturated rings. The third-order valence-electron chi connectivity index (χ3n) is 3.11.